The van der Waals surface area contributed by atoms with Crippen molar-refractivity contribution in [2.45, 2.75) is 13.1 Å². The number of aromatic amines is 2. The molecule has 0 atom stereocenters. The normalized spacial score (nSPS) is 11.4. The van der Waals surface area contributed by atoms with Gasteiger partial charge in [0, 0.05) is 71.5 Å². The van der Waals surface area contributed by atoms with Crippen LogP contribution in [0.3, 0.4) is 0 Å². The number of rotatable bonds is 7. The van der Waals surface area contributed by atoms with E-state index in [-0.39, 0.29) is 0 Å². The molecule has 188 valence electrons. The van der Waals surface area contributed by atoms with Gasteiger partial charge < -0.3 is 10.3 Å². The summed E-state index contributed by atoms with van der Waals surface area (Å²) in [5, 5.41) is 13.3. The minimum atomic E-state index is 0.676. The van der Waals surface area contributed by atoms with E-state index in [1.54, 1.807) is 0 Å². The lowest BCUT2D eigenvalue weighted by atomic mass is 10.0. The van der Waals surface area contributed by atoms with E-state index in [0.29, 0.717) is 5.65 Å². The molecule has 2 aromatic carbocycles. The van der Waals surface area contributed by atoms with Crippen LogP contribution in [0, 0.1) is 0 Å². The zero-order chi connectivity index (χ0) is 26.0. The van der Waals surface area contributed by atoms with Gasteiger partial charge in [-0.25, -0.2) is 4.98 Å². The van der Waals surface area contributed by atoms with Crippen molar-refractivity contribution in [3.8, 4) is 33.6 Å². The second kappa shape index (κ2) is 9.96. The van der Waals surface area contributed by atoms with Gasteiger partial charge in [-0.1, -0.05) is 42.5 Å². The Morgan fingerprint density at radius 2 is 1.51 bits per heavy atom. The van der Waals surface area contributed by atoms with E-state index in [1.165, 1.54) is 5.56 Å². The molecule has 0 fully saturated rings. The molecule has 0 unspecified atom stereocenters. The van der Waals surface area contributed by atoms with Crippen molar-refractivity contribution < 1.29 is 0 Å². The quantitative estimate of drug-likeness (QED) is 0.228. The average Bonchev–Trinajstić information content (AvgIpc) is 3.62. The standard InChI is InChI=1S/C32H25N7/c1-2-5-21(6-3-1)16-34-17-22-13-24(19-35-18-22)25-14-28-31(38-39-32(28)36-20-25)30-15-27-26(7-4-8-29(27)37-30)23-9-11-33-12-10-23/h1-15,18-20,34,37H,16-17H2,(H,36,38,39). The Labute approximate surface area is 225 Å². The van der Waals surface area contributed by atoms with Gasteiger partial charge in [-0.2, -0.15) is 5.10 Å². The zero-order valence-electron chi connectivity index (χ0n) is 21.1. The third-order valence-corrected chi connectivity index (χ3v) is 6.96. The van der Waals surface area contributed by atoms with E-state index in [2.05, 4.69) is 96.1 Å². The number of pyridine rings is 3. The number of benzene rings is 2. The molecule has 5 aromatic heterocycles. The summed E-state index contributed by atoms with van der Waals surface area (Å²) in [6.07, 6.45) is 9.29. The smallest absolute Gasteiger partial charge is 0.181 e. The number of nitrogens with one attached hydrogen (secondary N) is 3. The summed E-state index contributed by atoms with van der Waals surface area (Å²) in [6.45, 7) is 1.54. The van der Waals surface area contributed by atoms with Gasteiger partial charge in [-0.3, -0.25) is 15.1 Å². The lowest BCUT2D eigenvalue weighted by molar-refractivity contribution is 0.691. The van der Waals surface area contributed by atoms with E-state index >= 15 is 0 Å². The summed E-state index contributed by atoms with van der Waals surface area (Å²) in [5.74, 6) is 0. The summed E-state index contributed by atoms with van der Waals surface area (Å²) in [5.41, 5.74) is 10.3. The lowest BCUT2D eigenvalue weighted by Gasteiger charge is -2.07. The molecule has 7 rings (SSSR count). The van der Waals surface area contributed by atoms with Crippen LogP contribution in [0.1, 0.15) is 11.1 Å². The van der Waals surface area contributed by atoms with Crippen LogP contribution in [0.25, 0.3) is 55.6 Å². The molecule has 0 aliphatic heterocycles. The first kappa shape index (κ1) is 23.0. The summed E-state index contributed by atoms with van der Waals surface area (Å²) in [7, 11) is 0. The van der Waals surface area contributed by atoms with Crippen LogP contribution in [0.5, 0.6) is 0 Å². The van der Waals surface area contributed by atoms with Gasteiger partial charge in [-0.15, -0.1) is 0 Å². The number of hydrogen-bond acceptors (Lipinski definition) is 5. The predicted molar refractivity (Wildman–Crippen MR) is 155 cm³/mol. The highest BCUT2D eigenvalue weighted by atomic mass is 15.2. The van der Waals surface area contributed by atoms with Gasteiger partial charge in [0.1, 0.15) is 0 Å². The molecule has 0 saturated carbocycles. The van der Waals surface area contributed by atoms with E-state index in [4.69, 9.17) is 0 Å². The molecule has 0 bridgehead atoms. The van der Waals surface area contributed by atoms with Gasteiger partial charge >= 0.3 is 0 Å². The minimum Gasteiger partial charge on any atom is -0.353 e. The lowest BCUT2D eigenvalue weighted by Crippen LogP contribution is -2.12. The number of aromatic nitrogens is 6. The highest BCUT2D eigenvalue weighted by Gasteiger charge is 2.15. The van der Waals surface area contributed by atoms with Crippen LogP contribution in [0.15, 0.2) is 110 Å². The monoisotopic (exact) mass is 507 g/mol. The maximum atomic E-state index is 4.65. The maximum Gasteiger partial charge on any atom is 0.181 e. The Morgan fingerprint density at radius 3 is 2.41 bits per heavy atom. The predicted octanol–water partition coefficient (Wildman–Crippen LogP) is 6.52. The third kappa shape index (κ3) is 4.56. The van der Waals surface area contributed by atoms with Gasteiger partial charge in [0.25, 0.3) is 0 Å². The molecule has 39 heavy (non-hydrogen) atoms. The maximum absolute atomic E-state index is 4.65. The average molecular weight is 508 g/mol. The van der Waals surface area contributed by atoms with Crippen LogP contribution >= 0.6 is 0 Å². The largest absolute Gasteiger partial charge is 0.353 e. The molecule has 5 heterocycles. The summed E-state index contributed by atoms with van der Waals surface area (Å²) < 4.78 is 0. The molecule has 7 heteroatoms. The second-order valence-corrected chi connectivity index (χ2v) is 9.55. The summed E-state index contributed by atoms with van der Waals surface area (Å²) >= 11 is 0. The van der Waals surface area contributed by atoms with Crippen molar-refractivity contribution >= 4 is 21.9 Å². The molecule has 3 N–H and O–H groups in total. The fraction of sp³-hybridized carbons (Fsp3) is 0.0625. The molecule has 0 spiro atoms. The number of hydrogen-bond donors (Lipinski definition) is 3. The van der Waals surface area contributed by atoms with Crippen molar-refractivity contribution in [1.29, 1.82) is 0 Å². The fourth-order valence-electron chi connectivity index (χ4n) is 5.03. The van der Waals surface area contributed by atoms with Crippen LogP contribution in [0.2, 0.25) is 0 Å². The van der Waals surface area contributed by atoms with Gasteiger partial charge in [-0.05, 0) is 58.7 Å². The SMILES string of the molecule is c1ccc(CNCc2cncc(-c3cnc4n[nH]c(-c5cc6c(-c7ccncc7)cccc6[nH]5)c4c3)c2)cc1. The Kier molecular flexibility index (Phi) is 5.88. The Balaban J connectivity index is 1.20. The van der Waals surface area contributed by atoms with Crippen molar-refractivity contribution in [1.82, 2.24) is 35.5 Å². The van der Waals surface area contributed by atoms with E-state index in [0.717, 1.165) is 68.6 Å². The van der Waals surface area contributed by atoms with Crippen molar-refractivity contribution in [3.05, 3.63) is 121 Å². The first-order valence-corrected chi connectivity index (χ1v) is 12.9. The van der Waals surface area contributed by atoms with Gasteiger partial charge in [0.05, 0.1) is 11.4 Å². The molecule has 7 nitrogen and oxygen atoms in total. The first-order valence-electron chi connectivity index (χ1n) is 12.9. The van der Waals surface area contributed by atoms with Crippen molar-refractivity contribution in [2.24, 2.45) is 0 Å². The summed E-state index contributed by atoms with van der Waals surface area (Å²) in [4.78, 5) is 16.9. The topological polar surface area (TPSA) is 95.2 Å². The Hall–Kier alpha value is -5.14. The molecule has 0 aliphatic rings. The van der Waals surface area contributed by atoms with Crippen molar-refractivity contribution in [2.75, 3.05) is 0 Å². The van der Waals surface area contributed by atoms with Crippen LogP contribution < -0.4 is 5.32 Å². The third-order valence-electron chi connectivity index (χ3n) is 6.96. The fourth-order valence-corrected chi connectivity index (χ4v) is 5.03. The first-order chi connectivity index (χ1) is 19.3. The van der Waals surface area contributed by atoms with Crippen LogP contribution in [-0.4, -0.2) is 30.1 Å². The van der Waals surface area contributed by atoms with Gasteiger partial charge in [0.2, 0.25) is 0 Å². The molecule has 0 amide bonds. The summed E-state index contributed by atoms with van der Waals surface area (Å²) in [6, 6.07) is 27.2. The highest BCUT2D eigenvalue weighted by molar-refractivity contribution is 6.01. The molecule has 0 aliphatic carbocycles. The molecular formula is C32H25N7. The highest BCUT2D eigenvalue weighted by Crippen LogP contribution is 2.34. The van der Waals surface area contributed by atoms with Crippen molar-refractivity contribution in [3.63, 3.8) is 0 Å². The zero-order valence-corrected chi connectivity index (χ0v) is 21.1. The van der Waals surface area contributed by atoms with Crippen LogP contribution in [-0.2, 0) is 13.1 Å². The molecule has 0 saturated heterocycles. The minimum absolute atomic E-state index is 0.676. The number of fused-ring (bicyclic) bond motifs is 2. The van der Waals surface area contributed by atoms with E-state index < -0.39 is 0 Å². The number of nitrogens with zero attached hydrogens (tertiary/aromatic N) is 4. The Bertz CT molecular complexity index is 1890. The van der Waals surface area contributed by atoms with Crippen LogP contribution in [0.4, 0.5) is 0 Å². The van der Waals surface area contributed by atoms with E-state index in [1.807, 2.05) is 49.2 Å². The van der Waals surface area contributed by atoms with E-state index in [9.17, 15) is 0 Å². The molecular weight excluding hydrogens is 482 g/mol. The number of H-pyrrole nitrogens is 2. The Morgan fingerprint density at radius 1 is 0.667 bits per heavy atom. The molecule has 0 radical (unpaired) electrons. The second-order valence-electron chi connectivity index (χ2n) is 9.55. The van der Waals surface area contributed by atoms with Gasteiger partial charge in [0.15, 0.2) is 5.65 Å². The molecule has 7 aromatic rings.